The van der Waals surface area contributed by atoms with E-state index in [-0.39, 0.29) is 30.9 Å². The molecule has 9 nitrogen and oxygen atoms in total. The molecule has 0 saturated carbocycles. The van der Waals surface area contributed by atoms with E-state index in [0.29, 0.717) is 23.1 Å². The third kappa shape index (κ3) is 4.18. The molecule has 2 aromatic carbocycles. The first-order chi connectivity index (χ1) is 14.1. The number of nitrogens with zero attached hydrogens (tertiary/aromatic N) is 3. The number of aromatic nitrogens is 3. The number of anilines is 2. The maximum atomic E-state index is 12.2. The molecule has 2 amide bonds. The van der Waals surface area contributed by atoms with Gasteiger partial charge < -0.3 is 14.8 Å². The summed E-state index contributed by atoms with van der Waals surface area (Å²) in [6, 6.07) is 14.0. The number of carbonyl (C=O) groups is 2. The van der Waals surface area contributed by atoms with E-state index in [1.54, 1.807) is 48.2 Å². The van der Waals surface area contributed by atoms with Gasteiger partial charge in [-0.05, 0) is 42.0 Å². The molecule has 4 rings (SSSR count). The zero-order valence-corrected chi connectivity index (χ0v) is 15.7. The van der Waals surface area contributed by atoms with Crippen molar-refractivity contribution < 1.29 is 19.1 Å². The third-order valence-electron chi connectivity index (χ3n) is 4.48. The van der Waals surface area contributed by atoms with Crippen molar-refractivity contribution in [1.29, 1.82) is 0 Å². The molecular formula is C20H19N5O4. The van der Waals surface area contributed by atoms with E-state index in [4.69, 9.17) is 9.47 Å². The first-order valence-electron chi connectivity index (χ1n) is 8.98. The van der Waals surface area contributed by atoms with E-state index in [1.807, 2.05) is 12.1 Å². The molecule has 0 spiro atoms. The molecule has 3 aromatic rings. The number of ether oxygens (including phenoxy) is 2. The van der Waals surface area contributed by atoms with Gasteiger partial charge in [-0.25, -0.2) is 4.68 Å². The zero-order chi connectivity index (χ0) is 20.2. The monoisotopic (exact) mass is 393 g/mol. The number of amides is 2. The van der Waals surface area contributed by atoms with E-state index in [2.05, 4.69) is 20.7 Å². The van der Waals surface area contributed by atoms with Crippen molar-refractivity contribution in [2.24, 2.45) is 0 Å². The van der Waals surface area contributed by atoms with Gasteiger partial charge in [0, 0.05) is 5.69 Å². The highest BCUT2D eigenvalue weighted by Gasteiger charge is 2.27. The molecule has 0 aliphatic carbocycles. The van der Waals surface area contributed by atoms with Crippen molar-refractivity contribution in [2.75, 3.05) is 24.4 Å². The number of hydrogen-bond donors (Lipinski definition) is 2. The van der Waals surface area contributed by atoms with Crippen molar-refractivity contribution in [1.82, 2.24) is 14.8 Å². The van der Waals surface area contributed by atoms with Crippen molar-refractivity contribution >= 4 is 23.5 Å². The minimum absolute atomic E-state index is 0.124. The maximum Gasteiger partial charge on any atom is 0.262 e. The van der Waals surface area contributed by atoms with Crippen LogP contribution in [0.2, 0.25) is 0 Å². The molecule has 29 heavy (non-hydrogen) atoms. The second-order valence-electron chi connectivity index (χ2n) is 6.43. The van der Waals surface area contributed by atoms with E-state index in [9.17, 15) is 9.59 Å². The Morgan fingerprint density at radius 3 is 2.86 bits per heavy atom. The van der Waals surface area contributed by atoms with Crippen LogP contribution in [0.3, 0.4) is 0 Å². The third-order valence-corrected chi connectivity index (χ3v) is 4.48. The fourth-order valence-corrected chi connectivity index (χ4v) is 3.10. The predicted molar refractivity (Wildman–Crippen MR) is 105 cm³/mol. The number of nitrogens with one attached hydrogen (secondary N) is 2. The second kappa shape index (κ2) is 8.01. The fourth-order valence-electron chi connectivity index (χ4n) is 3.10. The molecule has 2 N–H and O–H groups in total. The van der Waals surface area contributed by atoms with Gasteiger partial charge in [0.05, 0.1) is 19.6 Å². The number of benzene rings is 2. The van der Waals surface area contributed by atoms with Crippen LogP contribution >= 0.6 is 0 Å². The van der Waals surface area contributed by atoms with Gasteiger partial charge in [-0.15, -0.1) is 0 Å². The summed E-state index contributed by atoms with van der Waals surface area (Å²) >= 11 is 0. The van der Waals surface area contributed by atoms with Gasteiger partial charge in [-0.2, -0.15) is 10.1 Å². The Balaban J connectivity index is 1.40. The van der Waals surface area contributed by atoms with Crippen LogP contribution in [0.1, 0.15) is 18.0 Å². The average Bonchev–Trinajstić information content (AvgIpc) is 3.21. The Kier molecular flexibility index (Phi) is 5.10. The molecule has 0 radical (unpaired) electrons. The van der Waals surface area contributed by atoms with Crippen LogP contribution in [0, 0.1) is 0 Å². The minimum atomic E-state index is -0.281. The standard InChI is InChI=1S/C20H19N5O4/c1-28-15-7-5-14(6-8-15)23-19(27)11-29-16-4-2-3-13(9-16)17-10-18(26)24-20-21-12-22-25(17)20/h2-9,12,17H,10-11H2,1H3,(H,23,27)(H,21,22,24,26)/t17-/m0/s1. The Bertz CT molecular complexity index is 1030. The van der Waals surface area contributed by atoms with Crippen molar-refractivity contribution in [2.45, 2.75) is 12.5 Å². The van der Waals surface area contributed by atoms with Crippen LogP contribution in [0.15, 0.2) is 54.9 Å². The number of fused-ring (bicyclic) bond motifs is 1. The largest absolute Gasteiger partial charge is 0.497 e. The van der Waals surface area contributed by atoms with Crippen molar-refractivity contribution in [3.63, 3.8) is 0 Å². The van der Waals surface area contributed by atoms with Crippen LogP contribution in [0.4, 0.5) is 11.6 Å². The van der Waals surface area contributed by atoms with Gasteiger partial charge in [0.15, 0.2) is 6.61 Å². The maximum absolute atomic E-state index is 12.2. The molecule has 9 heteroatoms. The zero-order valence-electron chi connectivity index (χ0n) is 15.7. The molecule has 2 heterocycles. The lowest BCUT2D eigenvalue weighted by atomic mass is 10.0. The van der Waals surface area contributed by atoms with Crippen LogP contribution in [-0.2, 0) is 9.59 Å². The van der Waals surface area contributed by atoms with E-state index >= 15 is 0 Å². The lowest BCUT2D eigenvalue weighted by Crippen LogP contribution is -2.29. The topological polar surface area (TPSA) is 107 Å². The summed E-state index contributed by atoms with van der Waals surface area (Å²) in [5.41, 5.74) is 1.50. The molecule has 0 saturated heterocycles. The summed E-state index contributed by atoms with van der Waals surface area (Å²) in [6.07, 6.45) is 1.65. The summed E-state index contributed by atoms with van der Waals surface area (Å²) in [5, 5.41) is 9.63. The molecule has 1 aliphatic heterocycles. The lowest BCUT2D eigenvalue weighted by molar-refractivity contribution is -0.118. The van der Waals surface area contributed by atoms with Gasteiger partial charge in [0.25, 0.3) is 5.91 Å². The average molecular weight is 393 g/mol. The van der Waals surface area contributed by atoms with Crippen LogP contribution < -0.4 is 20.1 Å². The molecule has 0 unspecified atom stereocenters. The SMILES string of the molecule is COc1ccc(NC(=O)COc2cccc([C@@H]3CC(=O)Nc4ncnn43)c2)cc1. The summed E-state index contributed by atoms with van der Waals surface area (Å²) in [5.74, 6) is 1.25. The number of hydrogen-bond acceptors (Lipinski definition) is 6. The molecule has 0 fully saturated rings. The van der Waals surface area contributed by atoms with Crippen molar-refractivity contribution in [3.05, 3.63) is 60.4 Å². The summed E-state index contributed by atoms with van der Waals surface area (Å²) in [6.45, 7) is -0.144. The highest BCUT2D eigenvalue weighted by molar-refractivity contribution is 5.92. The summed E-state index contributed by atoms with van der Waals surface area (Å²) < 4.78 is 12.4. The highest BCUT2D eigenvalue weighted by Crippen LogP contribution is 2.30. The summed E-state index contributed by atoms with van der Waals surface area (Å²) in [4.78, 5) is 28.1. The first-order valence-corrected chi connectivity index (χ1v) is 8.98. The Morgan fingerprint density at radius 1 is 1.24 bits per heavy atom. The Morgan fingerprint density at radius 2 is 2.07 bits per heavy atom. The number of carbonyl (C=O) groups excluding carboxylic acids is 2. The van der Waals surface area contributed by atoms with Gasteiger partial charge >= 0.3 is 0 Å². The molecular weight excluding hydrogens is 374 g/mol. The molecule has 148 valence electrons. The van der Waals surface area contributed by atoms with Crippen LogP contribution in [0.25, 0.3) is 0 Å². The smallest absolute Gasteiger partial charge is 0.262 e. The first kappa shape index (κ1) is 18.5. The molecule has 1 aliphatic rings. The van der Waals surface area contributed by atoms with E-state index in [0.717, 1.165) is 5.56 Å². The predicted octanol–water partition coefficient (Wildman–Crippen LogP) is 2.24. The van der Waals surface area contributed by atoms with Gasteiger partial charge in [0.2, 0.25) is 11.9 Å². The normalized spacial score (nSPS) is 15.2. The molecule has 1 aromatic heterocycles. The minimum Gasteiger partial charge on any atom is -0.497 e. The molecule has 0 bridgehead atoms. The van der Waals surface area contributed by atoms with Gasteiger partial charge in [0.1, 0.15) is 17.8 Å². The fraction of sp³-hybridized carbons (Fsp3) is 0.200. The molecule has 1 atom stereocenters. The van der Waals surface area contributed by atoms with E-state index < -0.39 is 0 Å². The van der Waals surface area contributed by atoms with Crippen LogP contribution in [0.5, 0.6) is 11.5 Å². The van der Waals surface area contributed by atoms with E-state index in [1.165, 1.54) is 6.33 Å². The number of methoxy groups -OCH3 is 1. The van der Waals surface area contributed by atoms with Crippen molar-refractivity contribution in [3.8, 4) is 11.5 Å². The highest BCUT2D eigenvalue weighted by atomic mass is 16.5. The quantitative estimate of drug-likeness (QED) is 0.665. The summed E-state index contributed by atoms with van der Waals surface area (Å²) in [7, 11) is 1.58. The van der Waals surface area contributed by atoms with Gasteiger partial charge in [-0.1, -0.05) is 12.1 Å². The second-order valence-corrected chi connectivity index (χ2v) is 6.43. The lowest BCUT2D eigenvalue weighted by Gasteiger charge is -2.24. The van der Waals surface area contributed by atoms with Crippen LogP contribution in [-0.4, -0.2) is 40.3 Å². The van der Waals surface area contributed by atoms with Gasteiger partial charge in [-0.3, -0.25) is 14.9 Å². The Hall–Kier alpha value is -3.88. The Labute approximate surface area is 166 Å². The number of rotatable bonds is 6.